The second-order valence-electron chi connectivity index (χ2n) is 5.21. The summed E-state index contributed by atoms with van der Waals surface area (Å²) in [7, 11) is -1.09. The standard InChI is InChI=1S/C14H23N2O4PS2/c1-6-12(2)22-21(18,16(4)23(5,19)20)15(3)14(17)13-10-8-7-9-11-13/h7-12H,6H2,1-5H3. The van der Waals surface area contributed by atoms with Gasteiger partial charge in [0.1, 0.15) is 0 Å². The molecule has 23 heavy (non-hydrogen) atoms. The van der Waals surface area contributed by atoms with Gasteiger partial charge in [0.15, 0.2) is 0 Å². The number of carbonyl (C=O) groups is 1. The molecule has 130 valence electrons. The van der Waals surface area contributed by atoms with Crippen molar-refractivity contribution in [3.05, 3.63) is 35.9 Å². The van der Waals surface area contributed by atoms with E-state index in [9.17, 15) is 17.8 Å². The Morgan fingerprint density at radius 3 is 2.22 bits per heavy atom. The molecule has 0 radical (unpaired) electrons. The average molecular weight is 378 g/mol. The Morgan fingerprint density at radius 2 is 1.78 bits per heavy atom. The third-order valence-corrected chi connectivity index (χ3v) is 12.2. The molecule has 2 atom stereocenters. The lowest BCUT2D eigenvalue weighted by atomic mass is 10.2. The maximum atomic E-state index is 13.5. The first-order valence-corrected chi connectivity index (χ1v) is 12.0. The lowest BCUT2D eigenvalue weighted by molar-refractivity contribution is 0.0880. The van der Waals surface area contributed by atoms with Crippen LogP contribution in [0.15, 0.2) is 30.3 Å². The molecule has 0 aliphatic carbocycles. The van der Waals surface area contributed by atoms with Crippen molar-refractivity contribution >= 4 is 34.0 Å². The van der Waals surface area contributed by atoms with E-state index < -0.39 is 22.6 Å². The highest BCUT2D eigenvalue weighted by Crippen LogP contribution is 2.66. The average Bonchev–Trinajstić information content (AvgIpc) is 2.52. The summed E-state index contributed by atoms with van der Waals surface area (Å²) in [5.41, 5.74) is 0.363. The zero-order valence-corrected chi connectivity index (χ0v) is 16.5. The molecule has 0 heterocycles. The van der Waals surface area contributed by atoms with Crippen molar-refractivity contribution < 1.29 is 17.8 Å². The van der Waals surface area contributed by atoms with Crippen LogP contribution in [0.3, 0.4) is 0 Å². The molecule has 1 amide bonds. The first kappa shape index (κ1) is 20.2. The number of rotatable bonds is 7. The molecule has 0 aliphatic heterocycles. The highest BCUT2D eigenvalue weighted by molar-refractivity contribution is 8.58. The monoisotopic (exact) mass is 378 g/mol. The molecule has 0 saturated heterocycles. The van der Waals surface area contributed by atoms with Crippen LogP contribution in [0.25, 0.3) is 0 Å². The van der Waals surface area contributed by atoms with E-state index in [1.54, 1.807) is 30.3 Å². The number of sulfonamides is 1. The number of hydrogen-bond donors (Lipinski definition) is 0. The van der Waals surface area contributed by atoms with Gasteiger partial charge in [0.25, 0.3) is 5.91 Å². The topological polar surface area (TPSA) is 74.8 Å². The van der Waals surface area contributed by atoms with Gasteiger partial charge in [-0.2, -0.15) is 0 Å². The molecule has 6 nitrogen and oxygen atoms in total. The Balaban J connectivity index is 3.28. The molecule has 0 aliphatic rings. The largest absolute Gasteiger partial charge is 0.310 e. The van der Waals surface area contributed by atoms with Crippen LogP contribution in [0.4, 0.5) is 0 Å². The molecule has 1 aromatic rings. The summed E-state index contributed by atoms with van der Waals surface area (Å²) in [6.07, 6.45) is 1.69. The van der Waals surface area contributed by atoms with E-state index in [0.717, 1.165) is 26.4 Å². The summed E-state index contributed by atoms with van der Waals surface area (Å²) in [5.74, 6) is -0.472. The minimum Gasteiger partial charge on any atom is -0.271 e. The summed E-state index contributed by atoms with van der Waals surface area (Å²) in [6.45, 7) is 0.102. The summed E-state index contributed by atoms with van der Waals surface area (Å²) in [4.78, 5) is 12.6. The highest BCUT2D eigenvalue weighted by Gasteiger charge is 2.42. The Kier molecular flexibility index (Phi) is 6.89. The lowest BCUT2D eigenvalue weighted by Gasteiger charge is -2.34. The molecule has 0 spiro atoms. The first-order chi connectivity index (χ1) is 10.5. The van der Waals surface area contributed by atoms with Crippen LogP contribution in [0.5, 0.6) is 0 Å². The molecule has 9 heteroatoms. The van der Waals surface area contributed by atoms with Crippen molar-refractivity contribution in [2.24, 2.45) is 0 Å². The molecule has 1 aromatic carbocycles. The third kappa shape index (κ3) is 4.83. The van der Waals surface area contributed by atoms with E-state index in [2.05, 4.69) is 0 Å². The smallest absolute Gasteiger partial charge is 0.271 e. The van der Waals surface area contributed by atoms with E-state index in [0.29, 0.717) is 12.0 Å². The zero-order chi connectivity index (χ0) is 17.8. The van der Waals surface area contributed by atoms with Crippen molar-refractivity contribution in [2.75, 3.05) is 20.4 Å². The third-order valence-electron chi connectivity index (χ3n) is 3.42. The van der Waals surface area contributed by atoms with E-state index in [-0.39, 0.29) is 5.25 Å². The molecule has 2 unspecified atom stereocenters. The number of nitrogens with zero attached hydrogens (tertiary/aromatic N) is 2. The van der Waals surface area contributed by atoms with Gasteiger partial charge in [-0.1, -0.05) is 43.4 Å². The molecule has 0 N–H and O–H groups in total. The van der Waals surface area contributed by atoms with Crippen LogP contribution < -0.4 is 0 Å². The molecule has 0 saturated carbocycles. The normalized spacial score (nSPS) is 15.9. The van der Waals surface area contributed by atoms with Gasteiger partial charge >= 0.3 is 6.65 Å². The van der Waals surface area contributed by atoms with Gasteiger partial charge in [0, 0.05) is 24.9 Å². The Morgan fingerprint density at radius 1 is 1.26 bits per heavy atom. The van der Waals surface area contributed by atoms with E-state index in [1.165, 1.54) is 14.1 Å². The minimum absolute atomic E-state index is 0.0592. The van der Waals surface area contributed by atoms with Crippen LogP contribution in [-0.2, 0) is 14.6 Å². The van der Waals surface area contributed by atoms with Crippen LogP contribution in [-0.4, -0.2) is 48.7 Å². The fourth-order valence-corrected chi connectivity index (χ4v) is 9.48. The predicted molar refractivity (Wildman–Crippen MR) is 96.1 cm³/mol. The van der Waals surface area contributed by atoms with Gasteiger partial charge in [0.2, 0.25) is 10.0 Å². The summed E-state index contributed by atoms with van der Waals surface area (Å²) in [5, 5.41) is -0.0592. The van der Waals surface area contributed by atoms with Gasteiger partial charge in [-0.3, -0.25) is 14.0 Å². The summed E-state index contributed by atoms with van der Waals surface area (Å²) < 4.78 is 39.2. The van der Waals surface area contributed by atoms with Crippen LogP contribution >= 0.6 is 18.0 Å². The first-order valence-electron chi connectivity index (χ1n) is 7.10. The van der Waals surface area contributed by atoms with Crippen molar-refractivity contribution in [3.63, 3.8) is 0 Å². The van der Waals surface area contributed by atoms with E-state index >= 15 is 0 Å². The molecular formula is C14H23N2O4PS2. The molecular weight excluding hydrogens is 355 g/mol. The van der Waals surface area contributed by atoms with Gasteiger partial charge in [-0.15, -0.1) is 4.08 Å². The Bertz CT molecular complexity index is 694. The maximum Gasteiger partial charge on any atom is 0.310 e. The second-order valence-corrected chi connectivity index (χ2v) is 12.7. The minimum atomic E-state index is -3.72. The predicted octanol–water partition coefficient (Wildman–Crippen LogP) is 3.29. The molecule has 0 aromatic heterocycles. The van der Waals surface area contributed by atoms with Crippen molar-refractivity contribution in [3.8, 4) is 0 Å². The van der Waals surface area contributed by atoms with Gasteiger partial charge < -0.3 is 0 Å². The van der Waals surface area contributed by atoms with Crippen molar-refractivity contribution in [1.29, 1.82) is 0 Å². The van der Waals surface area contributed by atoms with Crippen LogP contribution in [0, 0.1) is 0 Å². The van der Waals surface area contributed by atoms with Crippen molar-refractivity contribution in [2.45, 2.75) is 25.5 Å². The van der Waals surface area contributed by atoms with Crippen LogP contribution in [0.1, 0.15) is 30.6 Å². The lowest BCUT2D eigenvalue weighted by Crippen LogP contribution is -2.33. The zero-order valence-electron chi connectivity index (χ0n) is 14.0. The fraction of sp³-hybridized carbons (Fsp3) is 0.500. The van der Waals surface area contributed by atoms with Gasteiger partial charge in [-0.05, 0) is 18.6 Å². The van der Waals surface area contributed by atoms with Gasteiger partial charge in [0.05, 0.1) is 6.26 Å². The number of hydrogen-bond acceptors (Lipinski definition) is 5. The van der Waals surface area contributed by atoms with Crippen LogP contribution in [0.2, 0.25) is 0 Å². The quantitative estimate of drug-likeness (QED) is 0.681. The Labute approximate surface area is 142 Å². The molecule has 0 fully saturated rings. The fourth-order valence-electron chi connectivity index (χ4n) is 1.70. The summed E-state index contributed by atoms with van der Waals surface area (Å²) in [6, 6.07) is 8.39. The summed E-state index contributed by atoms with van der Waals surface area (Å²) >= 11 is 1.02. The SMILES string of the molecule is CCC(C)SP(=O)(N(C)C(=O)c1ccccc1)N(C)S(C)(=O)=O. The van der Waals surface area contributed by atoms with E-state index in [1.807, 2.05) is 13.8 Å². The molecule has 1 rings (SSSR count). The number of amides is 1. The number of carbonyl (C=O) groups excluding carboxylic acids is 1. The number of benzene rings is 1. The second kappa shape index (κ2) is 7.83. The Hall–Kier alpha value is -0.820. The van der Waals surface area contributed by atoms with Crippen molar-refractivity contribution in [1.82, 2.24) is 8.75 Å². The molecule has 0 bridgehead atoms. The van der Waals surface area contributed by atoms with E-state index in [4.69, 9.17) is 0 Å². The maximum absolute atomic E-state index is 13.5. The highest BCUT2D eigenvalue weighted by atomic mass is 32.7. The van der Waals surface area contributed by atoms with Gasteiger partial charge in [-0.25, -0.2) is 8.42 Å².